The van der Waals surface area contributed by atoms with Crippen molar-refractivity contribution < 1.29 is 9.53 Å². The topological polar surface area (TPSA) is 26.3 Å². The third-order valence-electron chi connectivity index (χ3n) is 3.31. The van der Waals surface area contributed by atoms with E-state index < -0.39 is 0 Å². The molecule has 0 saturated heterocycles. The van der Waals surface area contributed by atoms with Gasteiger partial charge >= 0.3 is 0 Å². The molecule has 2 aromatic carbocycles. The SMILES string of the molecule is CCCc1ccc(C(=O)COc2ccc(Cl)cc2C)cc1. The van der Waals surface area contributed by atoms with Crippen LogP contribution in [0.15, 0.2) is 42.5 Å². The van der Waals surface area contributed by atoms with Gasteiger partial charge in [0.05, 0.1) is 0 Å². The third kappa shape index (κ3) is 4.33. The maximum absolute atomic E-state index is 12.1. The van der Waals surface area contributed by atoms with E-state index in [1.165, 1.54) is 5.56 Å². The van der Waals surface area contributed by atoms with E-state index in [0.29, 0.717) is 16.3 Å². The Kier molecular flexibility index (Phi) is 5.40. The monoisotopic (exact) mass is 302 g/mol. The second-order valence-corrected chi connectivity index (χ2v) is 5.51. The second kappa shape index (κ2) is 7.28. The molecule has 0 aromatic heterocycles. The molecule has 0 unspecified atom stereocenters. The maximum Gasteiger partial charge on any atom is 0.200 e. The summed E-state index contributed by atoms with van der Waals surface area (Å²) in [6, 6.07) is 13.1. The van der Waals surface area contributed by atoms with Crippen LogP contribution in [0.25, 0.3) is 0 Å². The van der Waals surface area contributed by atoms with Crippen LogP contribution in [-0.4, -0.2) is 12.4 Å². The summed E-state index contributed by atoms with van der Waals surface area (Å²) in [5, 5.41) is 0.665. The number of rotatable bonds is 6. The van der Waals surface area contributed by atoms with Gasteiger partial charge in [0.15, 0.2) is 12.4 Å². The number of hydrogen-bond acceptors (Lipinski definition) is 2. The fourth-order valence-electron chi connectivity index (χ4n) is 2.15. The molecule has 2 rings (SSSR count). The minimum Gasteiger partial charge on any atom is -0.485 e. The fourth-order valence-corrected chi connectivity index (χ4v) is 2.37. The number of halogens is 1. The van der Waals surface area contributed by atoms with Crippen molar-refractivity contribution in [3.63, 3.8) is 0 Å². The summed E-state index contributed by atoms with van der Waals surface area (Å²) in [6.45, 7) is 4.09. The number of Topliss-reactive ketones (excluding diaryl/α,β-unsaturated/α-hetero) is 1. The predicted molar refractivity (Wildman–Crippen MR) is 86.5 cm³/mol. The smallest absolute Gasteiger partial charge is 0.200 e. The van der Waals surface area contributed by atoms with Crippen molar-refractivity contribution in [1.82, 2.24) is 0 Å². The van der Waals surface area contributed by atoms with Gasteiger partial charge in [-0.2, -0.15) is 0 Å². The zero-order valence-electron chi connectivity index (χ0n) is 12.4. The van der Waals surface area contributed by atoms with Crippen molar-refractivity contribution in [2.75, 3.05) is 6.61 Å². The highest BCUT2D eigenvalue weighted by atomic mass is 35.5. The molecule has 0 bridgehead atoms. The maximum atomic E-state index is 12.1. The summed E-state index contributed by atoms with van der Waals surface area (Å²) in [6.07, 6.45) is 2.14. The Morgan fingerprint density at radius 1 is 1.14 bits per heavy atom. The van der Waals surface area contributed by atoms with E-state index in [1.54, 1.807) is 12.1 Å². The van der Waals surface area contributed by atoms with Gasteiger partial charge in [0.1, 0.15) is 5.75 Å². The largest absolute Gasteiger partial charge is 0.485 e. The molecule has 0 aliphatic heterocycles. The van der Waals surface area contributed by atoms with E-state index in [1.807, 2.05) is 37.3 Å². The summed E-state index contributed by atoms with van der Waals surface area (Å²) in [7, 11) is 0. The van der Waals surface area contributed by atoms with Gasteiger partial charge in [0.25, 0.3) is 0 Å². The number of carbonyl (C=O) groups excluding carboxylic acids is 1. The number of carbonyl (C=O) groups is 1. The minimum atomic E-state index is -0.0209. The van der Waals surface area contributed by atoms with Crippen molar-refractivity contribution >= 4 is 17.4 Å². The summed E-state index contributed by atoms with van der Waals surface area (Å²) < 4.78 is 5.58. The Morgan fingerprint density at radius 3 is 2.48 bits per heavy atom. The Morgan fingerprint density at radius 2 is 1.86 bits per heavy atom. The molecule has 0 radical (unpaired) electrons. The number of hydrogen-bond donors (Lipinski definition) is 0. The molecule has 0 heterocycles. The summed E-state index contributed by atoms with van der Waals surface area (Å²) >= 11 is 5.89. The van der Waals surface area contributed by atoms with Crippen molar-refractivity contribution in [3.8, 4) is 5.75 Å². The number of aryl methyl sites for hydroxylation is 2. The summed E-state index contributed by atoms with van der Waals surface area (Å²) in [5.74, 6) is 0.669. The predicted octanol–water partition coefficient (Wildman–Crippen LogP) is 4.86. The third-order valence-corrected chi connectivity index (χ3v) is 3.55. The summed E-state index contributed by atoms with van der Waals surface area (Å²) in [5.41, 5.74) is 2.86. The van der Waals surface area contributed by atoms with E-state index in [2.05, 4.69) is 6.92 Å². The molecular weight excluding hydrogens is 284 g/mol. The molecule has 0 spiro atoms. The average molecular weight is 303 g/mol. The van der Waals surface area contributed by atoms with Crippen LogP contribution in [0.2, 0.25) is 5.02 Å². The second-order valence-electron chi connectivity index (χ2n) is 5.07. The van der Waals surface area contributed by atoms with Gasteiger partial charge in [-0.15, -0.1) is 0 Å². The first-order chi connectivity index (χ1) is 10.1. The van der Waals surface area contributed by atoms with Crippen molar-refractivity contribution in [2.45, 2.75) is 26.7 Å². The van der Waals surface area contributed by atoms with Gasteiger partial charge in [-0.3, -0.25) is 4.79 Å². The van der Waals surface area contributed by atoms with Gasteiger partial charge in [0.2, 0.25) is 0 Å². The highest BCUT2D eigenvalue weighted by Gasteiger charge is 2.08. The minimum absolute atomic E-state index is 0.0209. The highest BCUT2D eigenvalue weighted by molar-refractivity contribution is 6.30. The molecule has 110 valence electrons. The Labute approximate surface area is 130 Å². The first-order valence-corrected chi connectivity index (χ1v) is 7.49. The molecule has 2 nitrogen and oxygen atoms in total. The molecule has 2 aromatic rings. The molecule has 0 aliphatic carbocycles. The molecular formula is C18H19ClO2. The lowest BCUT2D eigenvalue weighted by Crippen LogP contribution is -2.12. The lowest BCUT2D eigenvalue weighted by Gasteiger charge is -2.09. The van der Waals surface area contributed by atoms with Gasteiger partial charge in [-0.1, -0.05) is 49.2 Å². The Hall–Kier alpha value is -1.80. The van der Waals surface area contributed by atoms with Crippen LogP contribution in [0.5, 0.6) is 5.75 Å². The Balaban J connectivity index is 1.98. The highest BCUT2D eigenvalue weighted by Crippen LogP contribution is 2.22. The van der Waals surface area contributed by atoms with Crippen LogP contribution >= 0.6 is 11.6 Å². The van der Waals surface area contributed by atoms with Crippen molar-refractivity contribution in [2.24, 2.45) is 0 Å². The van der Waals surface area contributed by atoms with Crippen molar-refractivity contribution in [3.05, 3.63) is 64.2 Å². The normalized spacial score (nSPS) is 10.4. The van der Waals surface area contributed by atoms with Crippen LogP contribution in [0, 0.1) is 6.92 Å². The molecule has 0 amide bonds. The first-order valence-electron chi connectivity index (χ1n) is 7.11. The van der Waals surface area contributed by atoms with E-state index in [4.69, 9.17) is 16.3 Å². The quantitative estimate of drug-likeness (QED) is 0.712. The van der Waals surface area contributed by atoms with Crippen LogP contribution in [0.4, 0.5) is 0 Å². The molecule has 0 N–H and O–H groups in total. The standard InChI is InChI=1S/C18H19ClO2/c1-3-4-14-5-7-15(8-6-14)17(20)12-21-18-10-9-16(19)11-13(18)2/h5-11H,3-4,12H2,1-2H3. The lowest BCUT2D eigenvalue weighted by atomic mass is 10.1. The van der Waals surface area contributed by atoms with Crippen LogP contribution in [0.1, 0.15) is 34.8 Å². The molecule has 0 aliphatic rings. The Bertz CT molecular complexity index is 618. The number of ether oxygens (including phenoxy) is 1. The van der Waals surface area contributed by atoms with Gasteiger partial charge in [0, 0.05) is 10.6 Å². The zero-order chi connectivity index (χ0) is 15.2. The van der Waals surface area contributed by atoms with Crippen LogP contribution < -0.4 is 4.74 Å². The van der Waals surface area contributed by atoms with Crippen LogP contribution in [-0.2, 0) is 6.42 Å². The van der Waals surface area contributed by atoms with Gasteiger partial charge in [-0.05, 0) is 42.7 Å². The molecule has 3 heteroatoms. The summed E-state index contributed by atoms with van der Waals surface area (Å²) in [4.78, 5) is 12.1. The lowest BCUT2D eigenvalue weighted by molar-refractivity contribution is 0.0921. The molecule has 21 heavy (non-hydrogen) atoms. The molecule has 0 saturated carbocycles. The van der Waals surface area contributed by atoms with Crippen molar-refractivity contribution in [1.29, 1.82) is 0 Å². The van der Waals surface area contributed by atoms with E-state index in [-0.39, 0.29) is 12.4 Å². The van der Waals surface area contributed by atoms with E-state index in [0.717, 1.165) is 18.4 Å². The van der Waals surface area contributed by atoms with Crippen LogP contribution in [0.3, 0.4) is 0 Å². The van der Waals surface area contributed by atoms with Gasteiger partial charge < -0.3 is 4.74 Å². The molecule has 0 atom stereocenters. The van der Waals surface area contributed by atoms with E-state index in [9.17, 15) is 4.79 Å². The number of ketones is 1. The van der Waals surface area contributed by atoms with Gasteiger partial charge in [-0.25, -0.2) is 0 Å². The molecule has 0 fully saturated rings. The number of benzene rings is 2. The van der Waals surface area contributed by atoms with E-state index >= 15 is 0 Å². The average Bonchev–Trinajstić information content (AvgIpc) is 2.47. The fraction of sp³-hybridized carbons (Fsp3) is 0.278. The zero-order valence-corrected chi connectivity index (χ0v) is 13.1. The first kappa shape index (κ1) is 15.6.